The number of hydrogen-bond donors (Lipinski definition) is 2. The molecule has 146 valence electrons. The van der Waals surface area contributed by atoms with Crippen LogP contribution in [0.4, 0.5) is 10.5 Å². The third-order valence-corrected chi connectivity index (χ3v) is 4.36. The molecule has 1 aliphatic heterocycles. The Morgan fingerprint density at radius 3 is 2.56 bits per heavy atom. The van der Waals surface area contributed by atoms with E-state index in [1.807, 2.05) is 0 Å². The smallest absolute Gasteiger partial charge is 0.338 e. The van der Waals surface area contributed by atoms with Crippen molar-refractivity contribution < 1.29 is 19.1 Å². The van der Waals surface area contributed by atoms with Gasteiger partial charge >= 0.3 is 12.0 Å². The molecular weight excluding hydrogens is 370 g/mol. The SMILES string of the molecule is CC1=C(C(=O)OC(C)C)C(c2cccc(NC(=O)C(C)Cl)c2)NC(=O)N1C. The van der Waals surface area contributed by atoms with Gasteiger partial charge in [0.2, 0.25) is 5.91 Å². The molecule has 1 aliphatic rings. The number of benzene rings is 1. The number of anilines is 1. The summed E-state index contributed by atoms with van der Waals surface area (Å²) in [5.74, 6) is -0.837. The van der Waals surface area contributed by atoms with Gasteiger partial charge in [0.25, 0.3) is 0 Å². The third-order valence-electron chi connectivity index (χ3n) is 4.17. The number of nitrogens with one attached hydrogen (secondary N) is 2. The number of nitrogens with zero attached hydrogens (tertiary/aromatic N) is 1. The van der Waals surface area contributed by atoms with E-state index in [2.05, 4.69) is 10.6 Å². The summed E-state index contributed by atoms with van der Waals surface area (Å²) < 4.78 is 5.36. The number of carbonyl (C=O) groups is 3. The Hall–Kier alpha value is -2.54. The van der Waals surface area contributed by atoms with Gasteiger partial charge in [-0.25, -0.2) is 9.59 Å². The minimum Gasteiger partial charge on any atom is -0.459 e. The van der Waals surface area contributed by atoms with Crippen molar-refractivity contribution >= 4 is 35.2 Å². The Morgan fingerprint density at radius 1 is 1.30 bits per heavy atom. The van der Waals surface area contributed by atoms with Gasteiger partial charge in [-0.1, -0.05) is 12.1 Å². The fourth-order valence-corrected chi connectivity index (χ4v) is 2.72. The molecule has 0 saturated heterocycles. The van der Waals surface area contributed by atoms with Gasteiger partial charge < -0.3 is 20.3 Å². The molecule has 0 spiro atoms. The van der Waals surface area contributed by atoms with Crippen LogP contribution < -0.4 is 10.6 Å². The first-order chi connectivity index (χ1) is 12.6. The van der Waals surface area contributed by atoms with Crippen LogP contribution in [0, 0.1) is 0 Å². The number of urea groups is 1. The van der Waals surface area contributed by atoms with E-state index in [-0.39, 0.29) is 18.0 Å². The van der Waals surface area contributed by atoms with Crippen LogP contribution in [0.3, 0.4) is 0 Å². The van der Waals surface area contributed by atoms with Crippen LogP contribution in [0.25, 0.3) is 0 Å². The molecule has 3 amide bonds. The fraction of sp³-hybridized carbons (Fsp3) is 0.421. The molecule has 0 radical (unpaired) electrons. The van der Waals surface area contributed by atoms with Crippen molar-refractivity contribution in [3.8, 4) is 0 Å². The largest absolute Gasteiger partial charge is 0.459 e. The van der Waals surface area contributed by atoms with Crippen LogP contribution >= 0.6 is 11.6 Å². The summed E-state index contributed by atoms with van der Waals surface area (Å²) in [6.07, 6.45) is -0.294. The summed E-state index contributed by atoms with van der Waals surface area (Å²) in [4.78, 5) is 38.1. The van der Waals surface area contributed by atoms with Crippen molar-refractivity contribution in [1.82, 2.24) is 10.2 Å². The van der Waals surface area contributed by atoms with Gasteiger partial charge in [-0.15, -0.1) is 11.6 Å². The van der Waals surface area contributed by atoms with E-state index >= 15 is 0 Å². The third kappa shape index (κ3) is 4.80. The van der Waals surface area contributed by atoms with Crippen LogP contribution in [-0.2, 0) is 14.3 Å². The molecule has 0 aromatic heterocycles. The lowest BCUT2D eigenvalue weighted by Gasteiger charge is -2.33. The molecule has 0 fully saturated rings. The number of allylic oxidation sites excluding steroid dienone is 1. The van der Waals surface area contributed by atoms with E-state index < -0.39 is 17.4 Å². The zero-order valence-electron chi connectivity index (χ0n) is 16.0. The zero-order chi connectivity index (χ0) is 20.3. The van der Waals surface area contributed by atoms with E-state index in [4.69, 9.17) is 16.3 Å². The van der Waals surface area contributed by atoms with Gasteiger partial charge in [0.05, 0.1) is 17.7 Å². The predicted octanol–water partition coefficient (Wildman–Crippen LogP) is 3.17. The molecule has 27 heavy (non-hydrogen) atoms. The lowest BCUT2D eigenvalue weighted by molar-refractivity contribution is -0.143. The van der Waals surface area contributed by atoms with Crippen LogP contribution in [-0.4, -0.2) is 41.3 Å². The lowest BCUT2D eigenvalue weighted by atomic mass is 9.94. The Kier molecular flexibility index (Phi) is 6.49. The molecule has 7 nitrogen and oxygen atoms in total. The van der Waals surface area contributed by atoms with Crippen LogP contribution in [0.5, 0.6) is 0 Å². The zero-order valence-corrected chi connectivity index (χ0v) is 16.8. The van der Waals surface area contributed by atoms with Gasteiger partial charge in [0.1, 0.15) is 5.38 Å². The second-order valence-electron chi connectivity index (χ2n) is 6.63. The van der Waals surface area contributed by atoms with E-state index in [0.717, 1.165) is 0 Å². The highest BCUT2D eigenvalue weighted by atomic mass is 35.5. The number of rotatable bonds is 5. The number of ether oxygens (including phenoxy) is 1. The molecule has 1 aromatic carbocycles. The molecule has 2 rings (SSSR count). The second-order valence-corrected chi connectivity index (χ2v) is 7.28. The summed E-state index contributed by atoms with van der Waals surface area (Å²) in [6.45, 7) is 6.79. The molecule has 2 unspecified atom stereocenters. The number of hydrogen-bond acceptors (Lipinski definition) is 4. The molecule has 0 bridgehead atoms. The number of alkyl halides is 1. The molecule has 0 saturated carbocycles. The van der Waals surface area contributed by atoms with Gasteiger partial charge in [-0.2, -0.15) is 0 Å². The predicted molar refractivity (Wildman–Crippen MR) is 103 cm³/mol. The van der Waals surface area contributed by atoms with Gasteiger partial charge in [-0.05, 0) is 45.4 Å². The van der Waals surface area contributed by atoms with Crippen molar-refractivity contribution in [2.45, 2.75) is 45.2 Å². The molecule has 2 N–H and O–H groups in total. The van der Waals surface area contributed by atoms with Crippen LogP contribution in [0.15, 0.2) is 35.5 Å². The van der Waals surface area contributed by atoms with Gasteiger partial charge in [0, 0.05) is 18.4 Å². The maximum Gasteiger partial charge on any atom is 0.338 e. The minimum absolute atomic E-state index is 0.294. The van der Waals surface area contributed by atoms with Gasteiger partial charge in [0.15, 0.2) is 0 Å². The monoisotopic (exact) mass is 393 g/mol. The van der Waals surface area contributed by atoms with Crippen LogP contribution in [0.2, 0.25) is 0 Å². The Morgan fingerprint density at radius 2 is 1.96 bits per heavy atom. The summed E-state index contributed by atoms with van der Waals surface area (Å²) in [7, 11) is 1.59. The highest BCUT2D eigenvalue weighted by Gasteiger charge is 2.35. The maximum absolute atomic E-state index is 12.7. The van der Waals surface area contributed by atoms with Gasteiger partial charge in [-0.3, -0.25) is 4.79 Å². The van der Waals surface area contributed by atoms with Crippen molar-refractivity contribution in [2.75, 3.05) is 12.4 Å². The fourth-order valence-electron chi connectivity index (χ4n) is 2.67. The number of esters is 1. The first-order valence-electron chi connectivity index (χ1n) is 8.62. The summed E-state index contributed by atoms with van der Waals surface area (Å²) in [6, 6.07) is 5.89. The molecule has 1 heterocycles. The highest BCUT2D eigenvalue weighted by molar-refractivity contribution is 6.32. The van der Waals surface area contributed by atoms with Crippen LogP contribution in [0.1, 0.15) is 39.3 Å². The topological polar surface area (TPSA) is 87.7 Å². The molecule has 0 aliphatic carbocycles. The first kappa shape index (κ1) is 20.8. The van der Waals surface area contributed by atoms with Crippen molar-refractivity contribution in [3.63, 3.8) is 0 Å². The van der Waals surface area contributed by atoms with E-state index in [1.54, 1.807) is 59.0 Å². The van der Waals surface area contributed by atoms with E-state index in [9.17, 15) is 14.4 Å². The molecule has 1 aromatic rings. The summed E-state index contributed by atoms with van der Waals surface area (Å²) >= 11 is 5.79. The second kappa shape index (κ2) is 8.43. The van der Waals surface area contributed by atoms with E-state index in [1.165, 1.54) is 4.90 Å². The quantitative estimate of drug-likeness (QED) is 0.594. The Bertz CT molecular complexity index is 789. The molecular formula is C19H24ClN3O4. The number of halogens is 1. The number of carbonyl (C=O) groups excluding carboxylic acids is 3. The molecule has 8 heteroatoms. The minimum atomic E-state index is -0.690. The average molecular weight is 394 g/mol. The Balaban J connectivity index is 2.43. The normalized spacial score (nSPS) is 18.3. The van der Waals surface area contributed by atoms with E-state index in [0.29, 0.717) is 22.5 Å². The van der Waals surface area contributed by atoms with Crippen molar-refractivity contribution in [1.29, 1.82) is 0 Å². The molecule has 2 atom stereocenters. The highest BCUT2D eigenvalue weighted by Crippen LogP contribution is 2.32. The maximum atomic E-state index is 12.7. The first-order valence-corrected chi connectivity index (χ1v) is 9.06. The summed E-state index contributed by atoms with van der Waals surface area (Å²) in [5, 5.41) is 4.83. The van der Waals surface area contributed by atoms with Crippen molar-refractivity contribution in [2.24, 2.45) is 0 Å². The number of amides is 3. The standard InChI is InChI=1S/C19H24ClN3O4/c1-10(2)27-18(25)15-12(4)23(5)19(26)22-16(15)13-7-6-8-14(9-13)21-17(24)11(3)20/h6-11,16H,1-5H3,(H,21,24)(H,22,26). The Labute approximate surface area is 163 Å². The average Bonchev–Trinajstić information content (AvgIpc) is 2.58. The van der Waals surface area contributed by atoms with Crippen molar-refractivity contribution in [3.05, 3.63) is 41.1 Å². The summed E-state index contributed by atoms with van der Waals surface area (Å²) in [5.41, 5.74) is 2.03. The lowest BCUT2D eigenvalue weighted by Crippen LogP contribution is -2.46.